The third-order valence-electron chi connectivity index (χ3n) is 3.73. The number of rotatable bonds is 3. The molecule has 0 N–H and O–H groups in total. The monoisotopic (exact) mass is 280 g/mol. The summed E-state index contributed by atoms with van der Waals surface area (Å²) >= 11 is 0. The molecule has 0 aliphatic carbocycles. The molecule has 0 spiro atoms. The quantitative estimate of drug-likeness (QED) is 0.729. The molecule has 0 amide bonds. The Hall–Kier alpha value is -2.23. The van der Waals surface area contributed by atoms with Gasteiger partial charge in [-0.15, -0.1) is 0 Å². The van der Waals surface area contributed by atoms with Gasteiger partial charge in [-0.3, -0.25) is 9.67 Å². The first-order chi connectivity index (χ1) is 10.1. The Balaban J connectivity index is 2.12. The highest BCUT2D eigenvalue weighted by Crippen LogP contribution is 2.25. The summed E-state index contributed by atoms with van der Waals surface area (Å²) in [5.74, 6) is 0. The second-order valence-corrected chi connectivity index (χ2v) is 5.65. The van der Waals surface area contributed by atoms with Gasteiger partial charge in [0.1, 0.15) is 5.52 Å². The predicted molar refractivity (Wildman–Crippen MR) is 85.3 cm³/mol. The van der Waals surface area contributed by atoms with E-state index < -0.39 is 0 Å². The largest absolute Gasteiger partial charge is 0.260 e. The number of pyridine rings is 2. The molecule has 0 saturated carbocycles. The van der Waals surface area contributed by atoms with Gasteiger partial charge in [-0.25, -0.2) is 4.98 Å². The molecule has 0 atom stereocenters. The number of aromatic nitrogens is 4. The van der Waals surface area contributed by atoms with Gasteiger partial charge in [-0.05, 0) is 50.5 Å². The van der Waals surface area contributed by atoms with Crippen molar-refractivity contribution < 1.29 is 0 Å². The summed E-state index contributed by atoms with van der Waals surface area (Å²) in [6.07, 6.45) is 4.76. The molecule has 3 aromatic rings. The molecule has 108 valence electrons. The van der Waals surface area contributed by atoms with Crippen LogP contribution in [-0.4, -0.2) is 19.7 Å². The lowest BCUT2D eigenvalue weighted by atomic mass is 10.1. The fourth-order valence-electron chi connectivity index (χ4n) is 2.56. The standard InChI is InChI=1S/C17H20N4/c1-5-13-6-7-14(18-9-13)15-8-12(4)17-16(20-15)10-19-21(17)11(2)3/h6-11H,5H2,1-4H3. The number of hydrogen-bond donors (Lipinski definition) is 0. The van der Waals surface area contributed by atoms with Crippen LogP contribution in [0.4, 0.5) is 0 Å². The molecule has 4 heteroatoms. The van der Waals surface area contributed by atoms with Crippen LogP contribution in [0.3, 0.4) is 0 Å². The number of hydrogen-bond acceptors (Lipinski definition) is 3. The molecule has 0 saturated heterocycles. The summed E-state index contributed by atoms with van der Waals surface area (Å²) in [4.78, 5) is 9.24. The lowest BCUT2D eigenvalue weighted by Crippen LogP contribution is -2.03. The van der Waals surface area contributed by atoms with E-state index in [1.165, 1.54) is 11.1 Å². The van der Waals surface area contributed by atoms with E-state index in [0.29, 0.717) is 6.04 Å². The zero-order chi connectivity index (χ0) is 15.0. The van der Waals surface area contributed by atoms with Crippen molar-refractivity contribution >= 4 is 11.0 Å². The molecule has 3 aromatic heterocycles. The van der Waals surface area contributed by atoms with Crippen molar-refractivity contribution in [3.63, 3.8) is 0 Å². The SMILES string of the molecule is CCc1ccc(-c2cc(C)c3c(cnn3C(C)C)n2)nc1. The number of fused-ring (bicyclic) bond motifs is 1. The van der Waals surface area contributed by atoms with Gasteiger partial charge in [0.25, 0.3) is 0 Å². The minimum Gasteiger partial charge on any atom is -0.260 e. The zero-order valence-corrected chi connectivity index (χ0v) is 13.0. The molecule has 4 nitrogen and oxygen atoms in total. The molecule has 0 aliphatic rings. The molecular formula is C17H20N4. The summed E-state index contributed by atoms with van der Waals surface area (Å²) in [6.45, 7) is 8.50. The van der Waals surface area contributed by atoms with Gasteiger partial charge < -0.3 is 0 Å². The molecule has 0 aromatic carbocycles. The third kappa shape index (κ3) is 2.42. The highest BCUT2D eigenvalue weighted by molar-refractivity contribution is 5.81. The topological polar surface area (TPSA) is 43.6 Å². The minimum absolute atomic E-state index is 0.329. The van der Waals surface area contributed by atoms with Crippen molar-refractivity contribution in [2.45, 2.75) is 40.2 Å². The van der Waals surface area contributed by atoms with E-state index in [-0.39, 0.29) is 0 Å². The van der Waals surface area contributed by atoms with Crippen molar-refractivity contribution in [1.82, 2.24) is 19.7 Å². The van der Waals surface area contributed by atoms with Crippen LogP contribution in [0.15, 0.2) is 30.6 Å². The van der Waals surface area contributed by atoms with Crippen LogP contribution in [0, 0.1) is 6.92 Å². The molecule has 3 heterocycles. The normalized spacial score (nSPS) is 11.5. The maximum atomic E-state index is 4.72. The Bertz CT molecular complexity index is 769. The van der Waals surface area contributed by atoms with Crippen LogP contribution in [0.5, 0.6) is 0 Å². The summed E-state index contributed by atoms with van der Waals surface area (Å²) < 4.78 is 2.02. The van der Waals surface area contributed by atoms with Crippen LogP contribution in [0.25, 0.3) is 22.4 Å². The molecule has 0 aliphatic heterocycles. The van der Waals surface area contributed by atoms with Gasteiger partial charge in [0.15, 0.2) is 0 Å². The summed E-state index contributed by atoms with van der Waals surface area (Å²) in [7, 11) is 0. The lowest BCUT2D eigenvalue weighted by molar-refractivity contribution is 0.550. The summed E-state index contributed by atoms with van der Waals surface area (Å²) in [5.41, 5.74) is 6.28. The first-order valence-electron chi connectivity index (χ1n) is 7.40. The van der Waals surface area contributed by atoms with Crippen molar-refractivity contribution in [3.05, 3.63) is 41.7 Å². The molecular weight excluding hydrogens is 260 g/mol. The van der Waals surface area contributed by atoms with E-state index >= 15 is 0 Å². The van der Waals surface area contributed by atoms with Crippen molar-refractivity contribution in [2.24, 2.45) is 0 Å². The average Bonchev–Trinajstić information content (AvgIpc) is 2.92. The van der Waals surface area contributed by atoms with Gasteiger partial charge in [-0.1, -0.05) is 13.0 Å². The van der Waals surface area contributed by atoms with Crippen LogP contribution in [0.1, 0.15) is 37.9 Å². The second-order valence-electron chi connectivity index (χ2n) is 5.65. The van der Waals surface area contributed by atoms with Crippen LogP contribution >= 0.6 is 0 Å². The van der Waals surface area contributed by atoms with Gasteiger partial charge in [-0.2, -0.15) is 5.10 Å². The fraction of sp³-hybridized carbons (Fsp3) is 0.353. The Labute approximate surface area is 124 Å². The van der Waals surface area contributed by atoms with Gasteiger partial charge >= 0.3 is 0 Å². The maximum Gasteiger partial charge on any atom is 0.109 e. The Kier molecular flexibility index (Phi) is 3.45. The molecule has 21 heavy (non-hydrogen) atoms. The van der Waals surface area contributed by atoms with E-state index in [1.807, 2.05) is 23.1 Å². The summed E-state index contributed by atoms with van der Waals surface area (Å²) in [6, 6.07) is 6.58. The van der Waals surface area contributed by atoms with E-state index in [1.54, 1.807) is 0 Å². The van der Waals surface area contributed by atoms with Crippen molar-refractivity contribution in [1.29, 1.82) is 0 Å². The smallest absolute Gasteiger partial charge is 0.109 e. The van der Waals surface area contributed by atoms with Gasteiger partial charge in [0, 0.05) is 12.2 Å². The number of aryl methyl sites for hydroxylation is 2. The maximum absolute atomic E-state index is 4.72. The van der Waals surface area contributed by atoms with E-state index in [0.717, 1.165) is 28.8 Å². The Morgan fingerprint density at radius 2 is 1.95 bits per heavy atom. The Morgan fingerprint density at radius 3 is 2.57 bits per heavy atom. The average molecular weight is 280 g/mol. The van der Waals surface area contributed by atoms with E-state index in [9.17, 15) is 0 Å². The van der Waals surface area contributed by atoms with Crippen molar-refractivity contribution in [3.8, 4) is 11.4 Å². The predicted octanol–water partition coefficient (Wildman–Crippen LogP) is 3.95. The molecule has 3 rings (SSSR count). The number of nitrogens with zero attached hydrogens (tertiary/aromatic N) is 4. The zero-order valence-electron chi connectivity index (χ0n) is 13.0. The minimum atomic E-state index is 0.329. The first-order valence-corrected chi connectivity index (χ1v) is 7.40. The highest BCUT2D eigenvalue weighted by Gasteiger charge is 2.12. The van der Waals surface area contributed by atoms with Crippen LogP contribution < -0.4 is 0 Å². The van der Waals surface area contributed by atoms with Crippen LogP contribution in [0.2, 0.25) is 0 Å². The van der Waals surface area contributed by atoms with Crippen molar-refractivity contribution in [2.75, 3.05) is 0 Å². The first kappa shape index (κ1) is 13.7. The van der Waals surface area contributed by atoms with E-state index in [2.05, 4.69) is 49.9 Å². The molecule has 0 bridgehead atoms. The lowest BCUT2D eigenvalue weighted by Gasteiger charge is -2.10. The molecule has 0 radical (unpaired) electrons. The molecule has 0 unspecified atom stereocenters. The van der Waals surface area contributed by atoms with Gasteiger partial charge in [0.2, 0.25) is 0 Å². The second kappa shape index (κ2) is 5.28. The fourth-order valence-corrected chi connectivity index (χ4v) is 2.56. The third-order valence-corrected chi connectivity index (χ3v) is 3.73. The Morgan fingerprint density at radius 1 is 1.14 bits per heavy atom. The molecule has 0 fully saturated rings. The summed E-state index contributed by atoms with van der Waals surface area (Å²) in [5, 5.41) is 4.45. The van der Waals surface area contributed by atoms with Gasteiger partial charge in [0.05, 0.1) is 23.1 Å². The highest BCUT2D eigenvalue weighted by atomic mass is 15.3. The van der Waals surface area contributed by atoms with E-state index in [4.69, 9.17) is 4.98 Å². The van der Waals surface area contributed by atoms with Crippen LogP contribution in [-0.2, 0) is 6.42 Å².